The Kier molecular flexibility index (Phi) is 4.53. The van der Waals surface area contributed by atoms with Crippen LogP contribution < -0.4 is 11.1 Å². The van der Waals surface area contributed by atoms with Gasteiger partial charge >= 0.3 is 5.97 Å². The summed E-state index contributed by atoms with van der Waals surface area (Å²) in [6, 6.07) is 13.5. The predicted molar refractivity (Wildman–Crippen MR) is 81.7 cm³/mol. The largest absolute Gasteiger partial charge is 0.479 e. The van der Waals surface area contributed by atoms with E-state index in [9.17, 15) is 14.7 Å². The molecule has 0 bridgehead atoms. The van der Waals surface area contributed by atoms with Crippen LogP contribution in [0.5, 0.6) is 0 Å². The van der Waals surface area contributed by atoms with Crippen molar-refractivity contribution in [1.29, 1.82) is 5.41 Å². The number of carboxylic acid groups (broad SMARTS) is 1. The number of nitrogens with one attached hydrogen (secondary N) is 2. The van der Waals surface area contributed by atoms with Crippen molar-refractivity contribution < 1.29 is 14.7 Å². The number of carboxylic acids is 1. The lowest BCUT2D eigenvalue weighted by molar-refractivity contribution is -0.139. The van der Waals surface area contributed by atoms with Gasteiger partial charge < -0.3 is 16.2 Å². The van der Waals surface area contributed by atoms with Crippen LogP contribution in [0, 0.1) is 5.41 Å². The van der Waals surface area contributed by atoms with E-state index in [1.807, 2.05) is 0 Å². The number of hydrogen-bond acceptors (Lipinski definition) is 3. The number of nitrogens with two attached hydrogens (primary N) is 1. The van der Waals surface area contributed by atoms with E-state index in [0.717, 1.165) is 0 Å². The molecule has 22 heavy (non-hydrogen) atoms. The SMILES string of the molecule is N=C(N)c1cccc(C(=O)N[C@@H](C(=O)O)c2ccccc2)c1. The molecule has 0 aliphatic rings. The van der Waals surface area contributed by atoms with Gasteiger partial charge in [0, 0.05) is 11.1 Å². The third kappa shape index (κ3) is 3.49. The Morgan fingerprint density at radius 1 is 1.05 bits per heavy atom. The Bertz CT molecular complexity index is 714. The number of carbonyl (C=O) groups is 2. The normalized spacial score (nSPS) is 11.5. The molecule has 0 spiro atoms. The average Bonchev–Trinajstić information content (AvgIpc) is 2.53. The first kappa shape index (κ1) is 15.2. The van der Waals surface area contributed by atoms with Crippen LogP contribution in [0.25, 0.3) is 0 Å². The van der Waals surface area contributed by atoms with Crippen molar-refractivity contribution in [3.63, 3.8) is 0 Å². The average molecular weight is 297 g/mol. The first-order valence-electron chi connectivity index (χ1n) is 6.52. The topological polar surface area (TPSA) is 116 Å². The van der Waals surface area contributed by atoms with Gasteiger partial charge in [-0.05, 0) is 17.7 Å². The zero-order valence-corrected chi connectivity index (χ0v) is 11.6. The second-order valence-electron chi connectivity index (χ2n) is 4.65. The minimum absolute atomic E-state index is 0.160. The molecule has 0 heterocycles. The first-order valence-corrected chi connectivity index (χ1v) is 6.52. The van der Waals surface area contributed by atoms with Gasteiger partial charge in [-0.2, -0.15) is 0 Å². The van der Waals surface area contributed by atoms with Crippen LogP contribution in [-0.2, 0) is 4.79 Å². The molecule has 2 rings (SSSR count). The highest BCUT2D eigenvalue weighted by Gasteiger charge is 2.22. The number of benzene rings is 2. The van der Waals surface area contributed by atoms with Crippen molar-refractivity contribution in [1.82, 2.24) is 5.32 Å². The smallest absolute Gasteiger partial charge is 0.330 e. The number of nitrogen functional groups attached to an aromatic ring is 1. The van der Waals surface area contributed by atoms with Crippen LogP contribution in [0.4, 0.5) is 0 Å². The summed E-state index contributed by atoms with van der Waals surface area (Å²) >= 11 is 0. The molecule has 0 aromatic heterocycles. The van der Waals surface area contributed by atoms with Gasteiger partial charge in [0.1, 0.15) is 5.84 Å². The molecular formula is C16H15N3O3. The van der Waals surface area contributed by atoms with Crippen molar-refractivity contribution in [3.8, 4) is 0 Å². The summed E-state index contributed by atoms with van der Waals surface area (Å²) in [5, 5.41) is 19.1. The van der Waals surface area contributed by atoms with E-state index in [2.05, 4.69) is 5.32 Å². The fourth-order valence-corrected chi connectivity index (χ4v) is 1.98. The molecular weight excluding hydrogens is 282 g/mol. The fourth-order valence-electron chi connectivity index (χ4n) is 1.98. The lowest BCUT2D eigenvalue weighted by Gasteiger charge is -2.15. The molecule has 0 saturated carbocycles. The number of amidine groups is 1. The van der Waals surface area contributed by atoms with Crippen LogP contribution in [0.15, 0.2) is 54.6 Å². The standard InChI is InChI=1S/C16H15N3O3/c17-14(18)11-7-4-8-12(9-11)15(20)19-13(16(21)22)10-5-2-1-3-6-10/h1-9,13H,(H3,17,18)(H,19,20)(H,21,22)/t13-/m1/s1. The Balaban J connectivity index is 2.24. The summed E-state index contributed by atoms with van der Waals surface area (Å²) in [5.41, 5.74) is 6.51. The van der Waals surface area contributed by atoms with Gasteiger partial charge in [-0.1, -0.05) is 42.5 Å². The Hall–Kier alpha value is -3.15. The van der Waals surface area contributed by atoms with Crippen LogP contribution in [0.1, 0.15) is 27.5 Å². The van der Waals surface area contributed by atoms with E-state index >= 15 is 0 Å². The maximum absolute atomic E-state index is 12.2. The maximum Gasteiger partial charge on any atom is 0.330 e. The quantitative estimate of drug-likeness (QED) is 0.494. The lowest BCUT2D eigenvalue weighted by Crippen LogP contribution is -2.33. The van der Waals surface area contributed by atoms with E-state index in [0.29, 0.717) is 11.1 Å². The molecule has 1 atom stereocenters. The van der Waals surface area contributed by atoms with Crippen molar-refractivity contribution in [2.75, 3.05) is 0 Å². The summed E-state index contributed by atoms with van der Waals surface area (Å²) in [4.78, 5) is 23.6. The molecule has 0 fully saturated rings. The van der Waals surface area contributed by atoms with Crippen molar-refractivity contribution in [2.45, 2.75) is 6.04 Å². The van der Waals surface area contributed by atoms with E-state index in [-0.39, 0.29) is 11.4 Å². The van der Waals surface area contributed by atoms with Crippen LogP contribution in [0.2, 0.25) is 0 Å². The van der Waals surface area contributed by atoms with Crippen LogP contribution in [0.3, 0.4) is 0 Å². The van der Waals surface area contributed by atoms with Gasteiger partial charge in [-0.3, -0.25) is 10.2 Å². The van der Waals surface area contributed by atoms with Gasteiger partial charge in [0.15, 0.2) is 6.04 Å². The van der Waals surface area contributed by atoms with Gasteiger partial charge in [-0.25, -0.2) is 4.79 Å². The minimum Gasteiger partial charge on any atom is -0.479 e. The minimum atomic E-state index is -1.15. The molecule has 5 N–H and O–H groups in total. The van der Waals surface area contributed by atoms with E-state index < -0.39 is 17.9 Å². The predicted octanol–water partition coefficient (Wildman–Crippen LogP) is 1.53. The number of amides is 1. The van der Waals surface area contributed by atoms with Crippen molar-refractivity contribution in [2.24, 2.45) is 5.73 Å². The number of hydrogen-bond donors (Lipinski definition) is 4. The van der Waals surface area contributed by atoms with E-state index in [1.54, 1.807) is 42.5 Å². The van der Waals surface area contributed by atoms with Gasteiger partial charge in [0.2, 0.25) is 0 Å². The summed E-state index contributed by atoms with van der Waals surface area (Å²) in [6.45, 7) is 0. The molecule has 112 valence electrons. The molecule has 2 aromatic rings. The molecule has 6 nitrogen and oxygen atoms in total. The molecule has 0 radical (unpaired) electrons. The summed E-state index contributed by atoms with van der Waals surface area (Å²) in [6.07, 6.45) is 0. The highest BCUT2D eigenvalue weighted by atomic mass is 16.4. The molecule has 6 heteroatoms. The summed E-state index contributed by atoms with van der Waals surface area (Å²) in [5.74, 6) is -1.85. The number of rotatable bonds is 5. The maximum atomic E-state index is 12.2. The third-order valence-corrected chi connectivity index (χ3v) is 3.09. The number of carbonyl (C=O) groups excluding carboxylic acids is 1. The van der Waals surface area contributed by atoms with Gasteiger partial charge in [0.05, 0.1) is 0 Å². The summed E-state index contributed by atoms with van der Waals surface area (Å²) < 4.78 is 0. The van der Waals surface area contributed by atoms with Crippen LogP contribution in [-0.4, -0.2) is 22.8 Å². The molecule has 0 unspecified atom stereocenters. The summed E-state index contributed by atoms with van der Waals surface area (Å²) in [7, 11) is 0. The second-order valence-corrected chi connectivity index (χ2v) is 4.65. The molecule has 1 amide bonds. The highest BCUT2D eigenvalue weighted by molar-refractivity contribution is 6.01. The van der Waals surface area contributed by atoms with Gasteiger partial charge in [0.25, 0.3) is 5.91 Å². The first-order chi connectivity index (χ1) is 10.5. The molecule has 0 saturated heterocycles. The zero-order valence-electron chi connectivity index (χ0n) is 11.6. The second kappa shape index (κ2) is 6.53. The highest BCUT2D eigenvalue weighted by Crippen LogP contribution is 2.14. The van der Waals surface area contributed by atoms with E-state index in [4.69, 9.17) is 11.1 Å². The molecule has 2 aromatic carbocycles. The number of aliphatic carboxylic acids is 1. The van der Waals surface area contributed by atoms with Gasteiger partial charge in [-0.15, -0.1) is 0 Å². The third-order valence-electron chi connectivity index (χ3n) is 3.09. The van der Waals surface area contributed by atoms with Crippen molar-refractivity contribution >= 4 is 17.7 Å². The van der Waals surface area contributed by atoms with Crippen molar-refractivity contribution in [3.05, 3.63) is 71.3 Å². The zero-order chi connectivity index (χ0) is 16.1. The van der Waals surface area contributed by atoms with Crippen LogP contribution >= 0.6 is 0 Å². The lowest BCUT2D eigenvalue weighted by atomic mass is 10.1. The van der Waals surface area contributed by atoms with E-state index in [1.165, 1.54) is 12.1 Å². The Morgan fingerprint density at radius 3 is 2.27 bits per heavy atom. The fraction of sp³-hybridized carbons (Fsp3) is 0.0625. The molecule has 0 aliphatic carbocycles. The monoisotopic (exact) mass is 297 g/mol. The molecule has 0 aliphatic heterocycles. The Morgan fingerprint density at radius 2 is 1.68 bits per heavy atom. The Labute approximate surface area is 127 Å².